The minimum absolute atomic E-state index is 0.153. The van der Waals surface area contributed by atoms with Crippen LogP contribution >= 0.6 is 0 Å². The van der Waals surface area contributed by atoms with Gasteiger partial charge in [-0.25, -0.2) is 8.78 Å². The van der Waals surface area contributed by atoms with Crippen LogP contribution in [0.25, 0.3) is 0 Å². The second-order valence-electron chi connectivity index (χ2n) is 5.06. The molecule has 0 radical (unpaired) electrons. The van der Waals surface area contributed by atoms with Crippen LogP contribution in [0.1, 0.15) is 12.0 Å². The summed E-state index contributed by atoms with van der Waals surface area (Å²) in [7, 11) is 0. The normalized spacial score (nSPS) is 28.6. The second kappa shape index (κ2) is 3.75. The average Bonchev–Trinajstić information content (AvgIpc) is 3.02. The van der Waals surface area contributed by atoms with Crippen LogP contribution in [0.3, 0.4) is 0 Å². The van der Waals surface area contributed by atoms with Crippen molar-refractivity contribution < 1.29 is 23.4 Å². The van der Waals surface area contributed by atoms with Crippen LogP contribution in [0.2, 0.25) is 0 Å². The zero-order valence-corrected chi connectivity index (χ0v) is 9.53. The molecule has 0 bridgehead atoms. The fourth-order valence-electron chi connectivity index (χ4n) is 2.85. The molecule has 1 saturated carbocycles. The van der Waals surface area contributed by atoms with Crippen LogP contribution in [0.5, 0.6) is 0 Å². The van der Waals surface area contributed by atoms with Crippen molar-refractivity contribution >= 4 is 5.97 Å². The van der Waals surface area contributed by atoms with Gasteiger partial charge in [0.1, 0.15) is 11.6 Å². The Morgan fingerprint density at radius 3 is 2.61 bits per heavy atom. The predicted octanol–water partition coefficient (Wildman–Crippen LogP) is 1.95. The molecule has 1 saturated heterocycles. The van der Waals surface area contributed by atoms with E-state index in [1.165, 1.54) is 0 Å². The van der Waals surface area contributed by atoms with E-state index >= 15 is 0 Å². The third-order valence-electron chi connectivity index (χ3n) is 4.00. The Hall–Kier alpha value is -1.49. The van der Waals surface area contributed by atoms with Crippen LogP contribution < -0.4 is 0 Å². The maximum atomic E-state index is 13.8. The molecule has 2 unspecified atom stereocenters. The van der Waals surface area contributed by atoms with Crippen molar-refractivity contribution in [2.75, 3.05) is 13.2 Å². The monoisotopic (exact) mass is 254 g/mol. The standard InChI is InChI=1S/C13H12F2O3/c14-7-1-2-11(15)10(3-7)13(5-18-6-13)9-4-8(9)12(16)17/h1-3,8-9H,4-6H2,(H,16,17). The maximum absolute atomic E-state index is 13.8. The van der Waals surface area contributed by atoms with E-state index in [9.17, 15) is 13.6 Å². The highest BCUT2D eigenvalue weighted by atomic mass is 19.1. The lowest BCUT2D eigenvalue weighted by Crippen LogP contribution is -2.50. The molecule has 1 aliphatic carbocycles. The minimum Gasteiger partial charge on any atom is -0.481 e. The zero-order valence-electron chi connectivity index (χ0n) is 9.53. The largest absolute Gasteiger partial charge is 0.481 e. The number of halogens is 2. The minimum atomic E-state index is -0.872. The van der Waals surface area contributed by atoms with Crippen molar-refractivity contribution in [1.82, 2.24) is 0 Å². The third kappa shape index (κ3) is 1.54. The number of aliphatic carboxylic acids is 1. The number of hydrogen-bond donors (Lipinski definition) is 1. The highest BCUT2D eigenvalue weighted by Gasteiger charge is 2.61. The van der Waals surface area contributed by atoms with Crippen molar-refractivity contribution in [3.8, 4) is 0 Å². The van der Waals surface area contributed by atoms with Crippen molar-refractivity contribution in [2.24, 2.45) is 11.8 Å². The summed E-state index contributed by atoms with van der Waals surface area (Å²) in [6.45, 7) is 0.531. The molecule has 0 spiro atoms. The maximum Gasteiger partial charge on any atom is 0.306 e. The highest BCUT2D eigenvalue weighted by Crippen LogP contribution is 2.56. The Bertz CT molecular complexity index is 511. The lowest BCUT2D eigenvalue weighted by Gasteiger charge is -2.42. The molecule has 96 valence electrons. The van der Waals surface area contributed by atoms with Gasteiger partial charge in [0, 0.05) is 11.0 Å². The van der Waals surface area contributed by atoms with E-state index in [0.717, 1.165) is 18.2 Å². The first-order valence-corrected chi connectivity index (χ1v) is 5.81. The van der Waals surface area contributed by atoms with Crippen LogP contribution in [-0.2, 0) is 14.9 Å². The first-order valence-electron chi connectivity index (χ1n) is 5.81. The van der Waals surface area contributed by atoms with E-state index in [-0.39, 0.29) is 24.7 Å². The van der Waals surface area contributed by atoms with Gasteiger partial charge in [-0.15, -0.1) is 0 Å². The first kappa shape index (κ1) is 11.6. The van der Waals surface area contributed by atoms with E-state index in [1.807, 2.05) is 0 Å². The van der Waals surface area contributed by atoms with Gasteiger partial charge in [-0.2, -0.15) is 0 Å². The Morgan fingerprint density at radius 2 is 2.11 bits per heavy atom. The zero-order chi connectivity index (χ0) is 12.9. The molecule has 2 fully saturated rings. The summed E-state index contributed by atoms with van der Waals surface area (Å²) in [5, 5.41) is 8.97. The lowest BCUT2D eigenvalue weighted by molar-refractivity contribution is -0.140. The van der Waals surface area contributed by atoms with Gasteiger partial charge in [0.25, 0.3) is 0 Å². The molecule has 3 nitrogen and oxygen atoms in total. The Kier molecular flexibility index (Phi) is 2.41. The molecule has 0 amide bonds. The summed E-state index contributed by atoms with van der Waals surface area (Å²) in [5.74, 6) is -2.49. The molecule has 2 aliphatic rings. The number of hydrogen-bond acceptors (Lipinski definition) is 2. The van der Waals surface area contributed by atoms with E-state index in [2.05, 4.69) is 0 Å². The molecule has 1 aromatic rings. The molecule has 1 heterocycles. The fourth-order valence-corrected chi connectivity index (χ4v) is 2.85. The molecule has 1 N–H and O–H groups in total. The molecular weight excluding hydrogens is 242 g/mol. The smallest absolute Gasteiger partial charge is 0.306 e. The summed E-state index contributed by atoms with van der Waals surface area (Å²) < 4.78 is 32.2. The fraction of sp³-hybridized carbons (Fsp3) is 0.462. The Labute approximate surface area is 102 Å². The van der Waals surface area contributed by atoms with Gasteiger partial charge in [-0.05, 0) is 30.5 Å². The average molecular weight is 254 g/mol. The molecule has 1 aliphatic heterocycles. The Balaban J connectivity index is 1.97. The van der Waals surface area contributed by atoms with Crippen LogP contribution in [-0.4, -0.2) is 24.3 Å². The van der Waals surface area contributed by atoms with E-state index in [4.69, 9.17) is 9.84 Å². The van der Waals surface area contributed by atoms with E-state index in [1.54, 1.807) is 0 Å². The van der Waals surface area contributed by atoms with Gasteiger partial charge in [0.15, 0.2) is 0 Å². The summed E-state index contributed by atoms with van der Waals surface area (Å²) in [5.41, 5.74) is -0.405. The molecule has 3 rings (SSSR count). The topological polar surface area (TPSA) is 46.5 Å². The van der Waals surface area contributed by atoms with Gasteiger partial charge in [-0.3, -0.25) is 4.79 Å². The predicted molar refractivity (Wildman–Crippen MR) is 58.1 cm³/mol. The van der Waals surface area contributed by atoms with Gasteiger partial charge >= 0.3 is 5.97 Å². The number of carbonyl (C=O) groups is 1. The summed E-state index contributed by atoms with van der Waals surface area (Å²) in [6.07, 6.45) is 0.509. The molecule has 2 atom stereocenters. The van der Waals surface area contributed by atoms with Gasteiger partial charge in [0.2, 0.25) is 0 Å². The van der Waals surface area contributed by atoms with Gasteiger partial charge < -0.3 is 9.84 Å². The summed E-state index contributed by atoms with van der Waals surface area (Å²) >= 11 is 0. The molecule has 0 aromatic heterocycles. The lowest BCUT2D eigenvalue weighted by atomic mass is 9.73. The van der Waals surface area contributed by atoms with Gasteiger partial charge in [0.05, 0.1) is 19.1 Å². The second-order valence-corrected chi connectivity index (χ2v) is 5.06. The van der Waals surface area contributed by atoms with Crippen LogP contribution in [0, 0.1) is 23.5 Å². The first-order chi connectivity index (χ1) is 8.54. The summed E-state index contributed by atoms with van der Waals surface area (Å²) in [4.78, 5) is 10.9. The summed E-state index contributed by atoms with van der Waals surface area (Å²) in [6, 6.07) is 3.31. The number of benzene rings is 1. The molecule has 1 aromatic carbocycles. The van der Waals surface area contributed by atoms with E-state index in [0.29, 0.717) is 6.42 Å². The number of carboxylic acids is 1. The SMILES string of the molecule is O=C(O)C1CC1C1(c2cc(F)ccc2F)COC1. The number of ether oxygens (including phenoxy) is 1. The quantitative estimate of drug-likeness (QED) is 0.896. The van der Waals surface area contributed by atoms with Crippen LogP contribution in [0.15, 0.2) is 18.2 Å². The molecular formula is C13H12F2O3. The van der Waals surface area contributed by atoms with E-state index < -0.39 is 28.9 Å². The third-order valence-corrected chi connectivity index (χ3v) is 4.00. The highest BCUT2D eigenvalue weighted by molar-refractivity contribution is 5.74. The van der Waals surface area contributed by atoms with Crippen molar-refractivity contribution in [3.63, 3.8) is 0 Å². The number of rotatable bonds is 3. The van der Waals surface area contributed by atoms with Crippen molar-refractivity contribution in [2.45, 2.75) is 11.8 Å². The molecule has 18 heavy (non-hydrogen) atoms. The molecule has 5 heteroatoms. The Morgan fingerprint density at radius 1 is 1.39 bits per heavy atom. The van der Waals surface area contributed by atoms with Crippen molar-refractivity contribution in [3.05, 3.63) is 35.4 Å². The van der Waals surface area contributed by atoms with Crippen molar-refractivity contribution in [1.29, 1.82) is 0 Å². The number of carboxylic acid groups (broad SMARTS) is 1. The van der Waals surface area contributed by atoms with Gasteiger partial charge in [-0.1, -0.05) is 0 Å². The van der Waals surface area contributed by atoms with Crippen LogP contribution in [0.4, 0.5) is 8.78 Å².